The smallest absolute Gasteiger partial charge is 0.325 e. The number of esters is 1. The highest BCUT2D eigenvalue weighted by Gasteiger charge is 2.20. The summed E-state index contributed by atoms with van der Waals surface area (Å²) in [5, 5.41) is 4.65. The molecule has 7 nitrogen and oxygen atoms in total. The molecule has 0 N–H and O–H groups in total. The van der Waals surface area contributed by atoms with E-state index in [1.165, 1.54) is 19.0 Å². The molecule has 3 rings (SSSR count). The Bertz CT molecular complexity index is 832. The molecule has 0 amide bonds. The first kappa shape index (κ1) is 15.9. The van der Waals surface area contributed by atoms with Crippen LogP contribution in [-0.2, 0) is 16.0 Å². The van der Waals surface area contributed by atoms with E-state index in [4.69, 9.17) is 9.26 Å². The Morgan fingerprint density at radius 2 is 2.04 bits per heavy atom. The van der Waals surface area contributed by atoms with Crippen molar-refractivity contribution in [1.82, 2.24) is 15.1 Å². The van der Waals surface area contributed by atoms with Crippen molar-refractivity contribution >= 4 is 22.9 Å². The number of aryl methyl sites for hydroxylation is 1. The van der Waals surface area contributed by atoms with E-state index in [0.717, 1.165) is 11.8 Å². The summed E-state index contributed by atoms with van der Waals surface area (Å²) in [7, 11) is 1.37. The zero-order valence-electron chi connectivity index (χ0n) is 13.6. The third-order valence-corrected chi connectivity index (χ3v) is 3.78. The van der Waals surface area contributed by atoms with Gasteiger partial charge >= 0.3 is 5.97 Å². The van der Waals surface area contributed by atoms with E-state index in [-0.39, 0.29) is 12.5 Å². The highest BCUT2D eigenvalue weighted by atomic mass is 16.5. The minimum atomic E-state index is -0.330. The van der Waals surface area contributed by atoms with Gasteiger partial charge in [-0.3, -0.25) is 4.79 Å². The average molecular weight is 326 g/mol. The van der Waals surface area contributed by atoms with E-state index in [1.807, 2.05) is 30.0 Å². The van der Waals surface area contributed by atoms with Gasteiger partial charge in [0, 0.05) is 6.54 Å². The fourth-order valence-electron chi connectivity index (χ4n) is 2.53. The van der Waals surface area contributed by atoms with Crippen LogP contribution in [0.15, 0.2) is 41.2 Å². The van der Waals surface area contributed by atoms with Gasteiger partial charge in [0.2, 0.25) is 0 Å². The van der Waals surface area contributed by atoms with Crippen LogP contribution < -0.4 is 4.90 Å². The van der Waals surface area contributed by atoms with Crippen molar-refractivity contribution in [1.29, 1.82) is 0 Å². The third kappa shape index (κ3) is 3.34. The standard InChI is InChI=1S/C17H18N4O3/c1-12-15-16(18-11-19-17(15)24-20-12)21(10-14(22)23-2)9-8-13-6-4-3-5-7-13/h3-7,11H,8-10H2,1-2H3. The van der Waals surface area contributed by atoms with Crippen molar-refractivity contribution in [2.24, 2.45) is 0 Å². The van der Waals surface area contributed by atoms with E-state index >= 15 is 0 Å². The minimum Gasteiger partial charge on any atom is -0.468 e. The largest absolute Gasteiger partial charge is 0.468 e. The van der Waals surface area contributed by atoms with Crippen LogP contribution in [0, 0.1) is 6.92 Å². The first-order valence-corrected chi connectivity index (χ1v) is 7.61. The molecule has 3 aromatic rings. The van der Waals surface area contributed by atoms with Gasteiger partial charge in [-0.05, 0) is 18.9 Å². The van der Waals surface area contributed by atoms with Crippen molar-refractivity contribution in [3.05, 3.63) is 47.9 Å². The molecule has 0 saturated carbocycles. The Morgan fingerprint density at radius 1 is 1.25 bits per heavy atom. The van der Waals surface area contributed by atoms with Crippen molar-refractivity contribution in [3.8, 4) is 0 Å². The van der Waals surface area contributed by atoms with Gasteiger partial charge in [-0.1, -0.05) is 35.5 Å². The minimum absolute atomic E-state index is 0.0973. The van der Waals surface area contributed by atoms with Crippen LogP contribution >= 0.6 is 0 Å². The van der Waals surface area contributed by atoms with Crippen LogP contribution in [0.25, 0.3) is 11.1 Å². The highest BCUT2D eigenvalue weighted by molar-refractivity contribution is 5.89. The molecule has 0 atom stereocenters. The molecule has 2 heterocycles. The number of hydrogen-bond donors (Lipinski definition) is 0. The first-order chi connectivity index (χ1) is 11.7. The summed E-state index contributed by atoms with van der Waals surface area (Å²) in [6, 6.07) is 10.1. The zero-order valence-corrected chi connectivity index (χ0v) is 13.6. The maximum absolute atomic E-state index is 11.8. The van der Waals surface area contributed by atoms with Gasteiger partial charge in [-0.15, -0.1) is 0 Å². The van der Waals surface area contributed by atoms with Gasteiger partial charge < -0.3 is 14.2 Å². The van der Waals surface area contributed by atoms with Crippen LogP contribution in [0.4, 0.5) is 5.82 Å². The number of rotatable bonds is 6. The van der Waals surface area contributed by atoms with E-state index in [9.17, 15) is 4.79 Å². The Hall–Kier alpha value is -2.96. The molecule has 0 aliphatic carbocycles. The highest BCUT2D eigenvalue weighted by Crippen LogP contribution is 2.26. The SMILES string of the molecule is COC(=O)CN(CCc1ccccc1)c1ncnc2onc(C)c12. The third-order valence-electron chi connectivity index (χ3n) is 3.78. The van der Waals surface area contributed by atoms with Crippen molar-refractivity contribution < 1.29 is 14.1 Å². The Labute approximate surface area is 139 Å². The second-order valence-corrected chi connectivity index (χ2v) is 5.38. The first-order valence-electron chi connectivity index (χ1n) is 7.61. The molecular weight excluding hydrogens is 308 g/mol. The van der Waals surface area contributed by atoms with Crippen LogP contribution in [0.3, 0.4) is 0 Å². The number of ether oxygens (including phenoxy) is 1. The zero-order chi connectivity index (χ0) is 16.9. The molecule has 0 spiro atoms. The quantitative estimate of drug-likeness (QED) is 0.642. The number of aromatic nitrogens is 3. The Morgan fingerprint density at radius 3 is 2.79 bits per heavy atom. The lowest BCUT2D eigenvalue weighted by atomic mass is 10.1. The Balaban J connectivity index is 1.91. The summed E-state index contributed by atoms with van der Waals surface area (Å²) in [6.45, 7) is 2.53. The molecule has 124 valence electrons. The summed E-state index contributed by atoms with van der Waals surface area (Å²) < 4.78 is 10.0. The van der Waals surface area contributed by atoms with E-state index in [1.54, 1.807) is 0 Å². The number of anilines is 1. The maximum atomic E-state index is 11.8. The van der Waals surface area contributed by atoms with Crippen molar-refractivity contribution in [3.63, 3.8) is 0 Å². The number of methoxy groups -OCH3 is 1. The number of hydrogen-bond acceptors (Lipinski definition) is 7. The molecule has 7 heteroatoms. The summed E-state index contributed by atoms with van der Waals surface area (Å²) in [5.41, 5.74) is 2.28. The van der Waals surface area contributed by atoms with Gasteiger partial charge in [-0.25, -0.2) is 4.98 Å². The molecule has 0 aliphatic heterocycles. The van der Waals surface area contributed by atoms with Gasteiger partial charge in [-0.2, -0.15) is 4.98 Å². The number of carbonyl (C=O) groups excluding carboxylic acids is 1. The van der Waals surface area contributed by atoms with Crippen molar-refractivity contribution in [2.45, 2.75) is 13.3 Å². The maximum Gasteiger partial charge on any atom is 0.325 e. The predicted octanol–water partition coefficient (Wildman–Crippen LogP) is 2.15. The van der Waals surface area contributed by atoms with Crippen LogP contribution in [0.2, 0.25) is 0 Å². The van der Waals surface area contributed by atoms with Gasteiger partial charge in [0.05, 0.1) is 12.8 Å². The average Bonchev–Trinajstić information content (AvgIpc) is 3.00. The summed E-state index contributed by atoms with van der Waals surface area (Å²) in [4.78, 5) is 22.1. The molecule has 0 radical (unpaired) electrons. The molecular formula is C17H18N4O3. The lowest BCUT2D eigenvalue weighted by Gasteiger charge is -2.22. The summed E-state index contributed by atoms with van der Waals surface area (Å²) >= 11 is 0. The molecule has 1 aromatic carbocycles. The van der Waals surface area contributed by atoms with Gasteiger partial charge in [0.25, 0.3) is 5.71 Å². The number of fused-ring (bicyclic) bond motifs is 1. The predicted molar refractivity (Wildman–Crippen MR) is 88.7 cm³/mol. The normalized spacial score (nSPS) is 10.8. The van der Waals surface area contributed by atoms with Crippen LogP contribution in [-0.4, -0.2) is 41.3 Å². The van der Waals surface area contributed by atoms with E-state index in [0.29, 0.717) is 23.8 Å². The lowest BCUT2D eigenvalue weighted by molar-refractivity contribution is -0.138. The van der Waals surface area contributed by atoms with Crippen LogP contribution in [0.1, 0.15) is 11.3 Å². The fraction of sp³-hybridized carbons (Fsp3) is 0.294. The number of nitrogens with zero attached hydrogens (tertiary/aromatic N) is 4. The van der Waals surface area contributed by atoms with Gasteiger partial charge in [0.15, 0.2) is 0 Å². The fourth-order valence-corrected chi connectivity index (χ4v) is 2.53. The monoisotopic (exact) mass is 326 g/mol. The van der Waals surface area contributed by atoms with Crippen molar-refractivity contribution in [2.75, 3.05) is 25.1 Å². The van der Waals surface area contributed by atoms with Gasteiger partial charge in [0.1, 0.15) is 24.1 Å². The summed E-state index contributed by atoms with van der Waals surface area (Å²) in [5.74, 6) is 0.295. The molecule has 0 saturated heterocycles. The molecule has 0 bridgehead atoms. The number of carbonyl (C=O) groups is 1. The molecule has 24 heavy (non-hydrogen) atoms. The van der Waals surface area contributed by atoms with E-state index < -0.39 is 0 Å². The second kappa shape index (κ2) is 7.08. The molecule has 0 fully saturated rings. The van der Waals surface area contributed by atoms with Crippen LogP contribution in [0.5, 0.6) is 0 Å². The second-order valence-electron chi connectivity index (χ2n) is 5.38. The Kier molecular flexibility index (Phi) is 4.69. The lowest BCUT2D eigenvalue weighted by Crippen LogP contribution is -2.33. The summed E-state index contributed by atoms with van der Waals surface area (Å²) in [6.07, 6.45) is 2.18. The number of benzene rings is 1. The molecule has 2 aromatic heterocycles. The molecule has 0 unspecified atom stereocenters. The topological polar surface area (TPSA) is 81.4 Å². The molecule has 0 aliphatic rings. The van der Waals surface area contributed by atoms with E-state index in [2.05, 4.69) is 27.3 Å².